The molecule has 1 N–H and O–H groups in total. The lowest BCUT2D eigenvalue weighted by Crippen LogP contribution is -2.39. The lowest BCUT2D eigenvalue weighted by Gasteiger charge is -2.30. The number of nitrogens with zero attached hydrogens (tertiary/aromatic N) is 5. The molecular formula is C13H18N6OS. The molecule has 2 aromatic rings. The number of carbonyl (C=O) groups excluding carboxylic acids is 1. The number of thiazole rings is 1. The third-order valence-corrected chi connectivity index (χ3v) is 4.95. The Kier molecular flexibility index (Phi) is 3.96. The van der Waals surface area contributed by atoms with E-state index in [9.17, 15) is 4.79 Å². The number of nitrogens with one attached hydrogen (secondary N) is 1. The van der Waals surface area contributed by atoms with Crippen LogP contribution in [-0.4, -0.2) is 49.5 Å². The van der Waals surface area contributed by atoms with Crippen molar-refractivity contribution in [3.63, 3.8) is 0 Å². The monoisotopic (exact) mass is 306 g/mol. The fourth-order valence-electron chi connectivity index (χ4n) is 2.52. The van der Waals surface area contributed by atoms with Gasteiger partial charge in [0.1, 0.15) is 4.88 Å². The maximum Gasteiger partial charge on any atom is 0.265 e. The number of aromatic amines is 1. The van der Waals surface area contributed by atoms with Crippen molar-refractivity contribution in [1.29, 1.82) is 0 Å². The standard InChI is InChI=1S/C13H18N6OS/c1-8(2)12-14-6-10(21-12)13(20)19-5-3-4-9(7-19)11-15-17-18-16-11/h6,8-9H,3-5,7H2,1-2H3,(H,15,16,17,18). The van der Waals surface area contributed by atoms with Gasteiger partial charge in [-0.05, 0) is 12.8 Å². The summed E-state index contributed by atoms with van der Waals surface area (Å²) >= 11 is 1.49. The molecule has 112 valence electrons. The van der Waals surface area contributed by atoms with Crippen molar-refractivity contribution in [2.45, 2.75) is 38.5 Å². The summed E-state index contributed by atoms with van der Waals surface area (Å²) in [6.07, 6.45) is 3.64. The normalized spacial score (nSPS) is 19.2. The van der Waals surface area contributed by atoms with Crippen LogP contribution in [0.3, 0.4) is 0 Å². The van der Waals surface area contributed by atoms with E-state index in [1.54, 1.807) is 6.20 Å². The van der Waals surface area contributed by atoms with Crippen LogP contribution in [0.25, 0.3) is 0 Å². The minimum Gasteiger partial charge on any atom is -0.337 e. The van der Waals surface area contributed by atoms with E-state index >= 15 is 0 Å². The Hall–Kier alpha value is -1.83. The molecule has 0 aliphatic carbocycles. The highest BCUT2D eigenvalue weighted by molar-refractivity contribution is 7.13. The van der Waals surface area contributed by atoms with Gasteiger partial charge in [-0.3, -0.25) is 4.79 Å². The molecule has 3 rings (SSSR count). The van der Waals surface area contributed by atoms with E-state index < -0.39 is 0 Å². The highest BCUT2D eigenvalue weighted by atomic mass is 32.1. The molecule has 1 atom stereocenters. The van der Waals surface area contributed by atoms with Gasteiger partial charge in [-0.2, -0.15) is 5.21 Å². The molecule has 3 heterocycles. The van der Waals surface area contributed by atoms with E-state index in [1.165, 1.54) is 11.3 Å². The molecule has 0 spiro atoms. The second-order valence-electron chi connectivity index (χ2n) is 5.58. The van der Waals surface area contributed by atoms with Gasteiger partial charge in [0.05, 0.1) is 11.2 Å². The van der Waals surface area contributed by atoms with Gasteiger partial charge >= 0.3 is 0 Å². The first-order chi connectivity index (χ1) is 10.1. The first-order valence-electron chi connectivity index (χ1n) is 7.13. The highest BCUT2D eigenvalue weighted by Crippen LogP contribution is 2.27. The summed E-state index contributed by atoms with van der Waals surface area (Å²) < 4.78 is 0. The van der Waals surface area contributed by atoms with Gasteiger partial charge in [0.15, 0.2) is 5.82 Å². The molecule has 8 heteroatoms. The largest absolute Gasteiger partial charge is 0.337 e. The van der Waals surface area contributed by atoms with Crippen LogP contribution in [0.5, 0.6) is 0 Å². The summed E-state index contributed by atoms with van der Waals surface area (Å²) in [6, 6.07) is 0. The van der Waals surface area contributed by atoms with Crippen LogP contribution in [0.15, 0.2) is 6.20 Å². The molecule has 1 aliphatic rings. The molecule has 0 radical (unpaired) electrons. The van der Waals surface area contributed by atoms with Gasteiger partial charge in [0, 0.05) is 24.9 Å². The number of amides is 1. The minimum atomic E-state index is 0.0626. The predicted molar refractivity (Wildman–Crippen MR) is 78.3 cm³/mol. The molecule has 1 aliphatic heterocycles. The first-order valence-corrected chi connectivity index (χ1v) is 7.95. The second kappa shape index (κ2) is 5.88. The average Bonchev–Trinajstić information content (AvgIpc) is 3.18. The molecule has 1 amide bonds. The second-order valence-corrected chi connectivity index (χ2v) is 6.64. The van der Waals surface area contributed by atoms with E-state index in [0.29, 0.717) is 23.2 Å². The molecule has 7 nitrogen and oxygen atoms in total. The van der Waals surface area contributed by atoms with Crippen molar-refractivity contribution in [2.75, 3.05) is 13.1 Å². The lowest BCUT2D eigenvalue weighted by molar-refractivity contribution is 0.0709. The SMILES string of the molecule is CC(C)c1ncc(C(=O)N2CCCC(c3nn[nH]n3)C2)s1. The van der Waals surface area contributed by atoms with Crippen molar-refractivity contribution >= 4 is 17.2 Å². The number of aromatic nitrogens is 5. The molecule has 0 bridgehead atoms. The maximum absolute atomic E-state index is 12.6. The lowest BCUT2D eigenvalue weighted by atomic mass is 9.97. The average molecular weight is 306 g/mol. The van der Waals surface area contributed by atoms with Gasteiger partial charge in [-0.25, -0.2) is 4.98 Å². The molecule has 1 saturated heterocycles. The van der Waals surface area contributed by atoms with E-state index in [-0.39, 0.29) is 11.8 Å². The smallest absolute Gasteiger partial charge is 0.265 e. The molecule has 0 aromatic carbocycles. The third kappa shape index (κ3) is 2.94. The fraction of sp³-hybridized carbons (Fsp3) is 0.615. The summed E-state index contributed by atoms with van der Waals surface area (Å²) in [5.74, 6) is 1.27. The third-order valence-electron chi connectivity index (χ3n) is 3.66. The topological polar surface area (TPSA) is 87.7 Å². The van der Waals surface area contributed by atoms with Crippen LogP contribution in [0.1, 0.15) is 59.0 Å². The molecule has 0 saturated carbocycles. The van der Waals surface area contributed by atoms with E-state index in [0.717, 1.165) is 24.4 Å². The molecule has 21 heavy (non-hydrogen) atoms. The Labute approximate surface area is 126 Å². The van der Waals surface area contributed by atoms with Gasteiger partial charge in [0.2, 0.25) is 0 Å². The summed E-state index contributed by atoms with van der Waals surface area (Å²) in [5, 5.41) is 15.2. The van der Waals surface area contributed by atoms with E-state index in [2.05, 4.69) is 39.5 Å². The van der Waals surface area contributed by atoms with Gasteiger partial charge in [-0.15, -0.1) is 21.5 Å². The summed E-state index contributed by atoms with van der Waals surface area (Å²) in [4.78, 5) is 19.5. The Morgan fingerprint density at radius 1 is 1.52 bits per heavy atom. The summed E-state index contributed by atoms with van der Waals surface area (Å²) in [5.41, 5.74) is 0. The maximum atomic E-state index is 12.6. The highest BCUT2D eigenvalue weighted by Gasteiger charge is 2.28. The number of carbonyl (C=O) groups is 1. The zero-order valence-electron chi connectivity index (χ0n) is 12.1. The predicted octanol–water partition coefficient (Wildman–Crippen LogP) is 1.80. The van der Waals surface area contributed by atoms with Crippen molar-refractivity contribution < 1.29 is 4.79 Å². The number of rotatable bonds is 3. The Morgan fingerprint density at radius 3 is 3.05 bits per heavy atom. The van der Waals surface area contributed by atoms with Crippen molar-refractivity contribution in [3.05, 3.63) is 21.9 Å². The number of likely N-dealkylation sites (tertiary alicyclic amines) is 1. The molecule has 2 aromatic heterocycles. The van der Waals surface area contributed by atoms with Gasteiger partial charge < -0.3 is 4.90 Å². The number of hydrogen-bond acceptors (Lipinski definition) is 6. The van der Waals surface area contributed by atoms with Crippen LogP contribution in [-0.2, 0) is 0 Å². The van der Waals surface area contributed by atoms with Crippen LogP contribution in [0, 0.1) is 0 Å². The van der Waals surface area contributed by atoms with Gasteiger partial charge in [0.25, 0.3) is 5.91 Å². The van der Waals surface area contributed by atoms with Crippen molar-refractivity contribution in [1.82, 2.24) is 30.5 Å². The first kappa shape index (κ1) is 14.1. The summed E-state index contributed by atoms with van der Waals surface area (Å²) in [6.45, 7) is 5.59. The van der Waals surface area contributed by atoms with Crippen molar-refractivity contribution in [3.8, 4) is 0 Å². The van der Waals surface area contributed by atoms with Crippen LogP contribution >= 0.6 is 11.3 Å². The van der Waals surface area contributed by atoms with Gasteiger partial charge in [-0.1, -0.05) is 19.1 Å². The Bertz CT molecular complexity index is 608. The Balaban J connectivity index is 1.71. The van der Waals surface area contributed by atoms with Crippen LogP contribution in [0.2, 0.25) is 0 Å². The molecular weight excluding hydrogens is 288 g/mol. The van der Waals surface area contributed by atoms with Crippen LogP contribution in [0.4, 0.5) is 0 Å². The molecule has 1 fully saturated rings. The minimum absolute atomic E-state index is 0.0626. The fourth-order valence-corrected chi connectivity index (χ4v) is 3.41. The van der Waals surface area contributed by atoms with Crippen molar-refractivity contribution in [2.24, 2.45) is 0 Å². The number of H-pyrrole nitrogens is 1. The zero-order valence-corrected chi connectivity index (χ0v) is 12.9. The Morgan fingerprint density at radius 2 is 2.38 bits per heavy atom. The zero-order chi connectivity index (χ0) is 14.8. The number of piperidine rings is 1. The summed E-state index contributed by atoms with van der Waals surface area (Å²) in [7, 11) is 0. The van der Waals surface area contributed by atoms with E-state index in [1.807, 2.05) is 4.90 Å². The number of tetrazole rings is 1. The molecule has 1 unspecified atom stereocenters. The quantitative estimate of drug-likeness (QED) is 0.934. The van der Waals surface area contributed by atoms with E-state index in [4.69, 9.17) is 0 Å². The number of hydrogen-bond donors (Lipinski definition) is 1. The van der Waals surface area contributed by atoms with Crippen LogP contribution < -0.4 is 0 Å².